The molecule has 4 N–H and O–H groups in total. The van der Waals surface area contributed by atoms with Gasteiger partial charge in [0.15, 0.2) is 0 Å². The van der Waals surface area contributed by atoms with Gasteiger partial charge >= 0.3 is 0 Å². The van der Waals surface area contributed by atoms with Gasteiger partial charge in [-0.15, -0.1) is 0 Å². The van der Waals surface area contributed by atoms with Crippen molar-refractivity contribution < 1.29 is 20.4 Å². The maximum atomic E-state index is 11.0. The molecule has 4 fully saturated rings. The van der Waals surface area contributed by atoms with Gasteiger partial charge in [0, 0.05) is 11.8 Å². The van der Waals surface area contributed by atoms with Crippen molar-refractivity contribution in [2.75, 3.05) is 0 Å². The van der Waals surface area contributed by atoms with Crippen molar-refractivity contribution in [2.45, 2.75) is 128 Å². The van der Waals surface area contributed by atoms with Gasteiger partial charge in [0.05, 0.1) is 22.4 Å². The second-order valence-electron chi connectivity index (χ2n) is 13.3. The van der Waals surface area contributed by atoms with Gasteiger partial charge in [-0.05, 0) is 116 Å². The lowest BCUT2D eigenvalue weighted by Crippen LogP contribution is -2.48. The number of hydrogen-bond donors (Lipinski definition) is 4. The third-order valence-corrected chi connectivity index (χ3v) is 10.7. The van der Waals surface area contributed by atoms with Crippen LogP contribution in [0.3, 0.4) is 0 Å². The summed E-state index contributed by atoms with van der Waals surface area (Å²) in [5.74, 6) is 1.37. The Bertz CT molecular complexity index is 706. The van der Waals surface area contributed by atoms with Crippen LogP contribution in [-0.2, 0) is 0 Å². The van der Waals surface area contributed by atoms with Gasteiger partial charge in [-0.3, -0.25) is 0 Å². The molecule has 0 radical (unpaired) electrons. The summed E-state index contributed by atoms with van der Waals surface area (Å²) in [6.07, 6.45) is 8.99. The highest BCUT2D eigenvalue weighted by Gasteiger charge is 2.57. The van der Waals surface area contributed by atoms with E-state index in [2.05, 4.69) is 27.0 Å². The molecule has 0 aromatic carbocycles. The predicted molar refractivity (Wildman–Crippen MR) is 139 cm³/mol. The molecular weight excluding hydrogens is 424 g/mol. The summed E-state index contributed by atoms with van der Waals surface area (Å²) >= 11 is 0. The monoisotopic (exact) mass is 476 g/mol. The molecule has 4 saturated carbocycles. The maximum absolute atomic E-state index is 11.0. The standard InChI is InChI=1S/2C15H26O2/c2*1-10(2)12-7-8-14(4,16)13-6-5-11(3)15(13,17)9-12/h2*11-13,16-17H,1,5-9H2,2-4H3/t2*11-,12+,13-,14-,15+/m00/s1. The van der Waals surface area contributed by atoms with Gasteiger partial charge in [0.25, 0.3) is 0 Å². The van der Waals surface area contributed by atoms with Crippen LogP contribution in [0.25, 0.3) is 0 Å². The number of hydrogen-bond acceptors (Lipinski definition) is 4. The van der Waals surface area contributed by atoms with E-state index in [0.717, 1.165) is 75.4 Å². The molecule has 0 aromatic rings. The molecule has 0 aliphatic heterocycles. The van der Waals surface area contributed by atoms with Crippen molar-refractivity contribution in [3.63, 3.8) is 0 Å². The third kappa shape index (κ3) is 5.08. The predicted octanol–water partition coefficient (Wildman–Crippen LogP) is 5.78. The molecule has 0 amide bonds. The van der Waals surface area contributed by atoms with Gasteiger partial charge in [0.2, 0.25) is 0 Å². The molecule has 10 atom stereocenters. The molecule has 0 spiro atoms. The summed E-state index contributed by atoms with van der Waals surface area (Å²) < 4.78 is 0. The Morgan fingerprint density at radius 1 is 0.618 bits per heavy atom. The molecular formula is C30H52O4. The highest BCUT2D eigenvalue weighted by molar-refractivity contribution is 5.12. The lowest BCUT2D eigenvalue weighted by molar-refractivity contribution is -0.115. The van der Waals surface area contributed by atoms with E-state index in [1.54, 1.807) is 0 Å². The molecule has 0 heterocycles. The first-order valence-electron chi connectivity index (χ1n) is 13.7. The van der Waals surface area contributed by atoms with Crippen molar-refractivity contribution in [1.82, 2.24) is 0 Å². The van der Waals surface area contributed by atoms with E-state index in [-0.39, 0.29) is 11.8 Å². The zero-order valence-corrected chi connectivity index (χ0v) is 22.7. The molecule has 196 valence electrons. The fourth-order valence-corrected chi connectivity index (χ4v) is 8.02. The van der Waals surface area contributed by atoms with Gasteiger partial charge in [0.1, 0.15) is 0 Å². The second kappa shape index (κ2) is 9.65. The van der Waals surface area contributed by atoms with E-state index in [9.17, 15) is 20.4 Å². The van der Waals surface area contributed by atoms with Crippen molar-refractivity contribution in [3.05, 3.63) is 24.3 Å². The van der Waals surface area contributed by atoms with Crippen LogP contribution in [0.15, 0.2) is 24.3 Å². The van der Waals surface area contributed by atoms with Crippen molar-refractivity contribution in [3.8, 4) is 0 Å². The lowest BCUT2D eigenvalue weighted by atomic mass is 9.73. The first-order valence-corrected chi connectivity index (χ1v) is 13.7. The first-order chi connectivity index (χ1) is 15.5. The Labute approximate surface area is 208 Å². The van der Waals surface area contributed by atoms with E-state index in [1.807, 2.05) is 27.7 Å². The number of fused-ring (bicyclic) bond motifs is 2. The largest absolute Gasteiger partial charge is 0.390 e. The van der Waals surface area contributed by atoms with Crippen LogP contribution < -0.4 is 0 Å². The van der Waals surface area contributed by atoms with Crippen LogP contribution in [0.4, 0.5) is 0 Å². The Hall–Kier alpha value is -0.680. The molecule has 0 saturated heterocycles. The third-order valence-electron chi connectivity index (χ3n) is 10.7. The number of allylic oxidation sites excluding steroid dienone is 2. The summed E-state index contributed by atoms with van der Waals surface area (Å²) in [7, 11) is 0. The topological polar surface area (TPSA) is 80.9 Å². The van der Waals surface area contributed by atoms with Gasteiger partial charge < -0.3 is 20.4 Å². The van der Waals surface area contributed by atoms with E-state index in [0.29, 0.717) is 23.7 Å². The molecule has 0 bridgehead atoms. The smallest absolute Gasteiger partial charge is 0.0734 e. The summed E-state index contributed by atoms with van der Waals surface area (Å²) in [4.78, 5) is 0. The number of aliphatic hydroxyl groups is 4. The normalized spacial score (nSPS) is 50.8. The van der Waals surface area contributed by atoms with Crippen LogP contribution in [0, 0.1) is 35.5 Å². The molecule has 4 aliphatic carbocycles. The SMILES string of the molecule is C=C(C)[C@@H]1CC[C@](C)(O)[C@@H]2CC[C@H](C)[C@]2(O)C1.C=C(C)[C@@H]1CC[C@](C)(O)[C@@H]2CC[C@H](C)[C@]2(O)C1. The van der Waals surface area contributed by atoms with Crippen LogP contribution in [0.5, 0.6) is 0 Å². The maximum Gasteiger partial charge on any atom is 0.0734 e. The highest BCUT2D eigenvalue weighted by Crippen LogP contribution is 2.54. The molecule has 4 heteroatoms. The van der Waals surface area contributed by atoms with Crippen LogP contribution >= 0.6 is 0 Å². The second-order valence-corrected chi connectivity index (χ2v) is 13.3. The van der Waals surface area contributed by atoms with E-state index >= 15 is 0 Å². The summed E-state index contributed by atoms with van der Waals surface area (Å²) in [6, 6.07) is 0. The van der Waals surface area contributed by atoms with Gasteiger partial charge in [-0.1, -0.05) is 38.2 Å². The summed E-state index contributed by atoms with van der Waals surface area (Å²) in [5.41, 5.74) is -0.524. The van der Waals surface area contributed by atoms with E-state index in [4.69, 9.17) is 0 Å². The quantitative estimate of drug-likeness (QED) is 0.381. The molecule has 4 rings (SSSR count). The van der Waals surface area contributed by atoms with E-state index in [1.165, 1.54) is 0 Å². The van der Waals surface area contributed by atoms with Crippen molar-refractivity contribution in [2.24, 2.45) is 35.5 Å². The first kappa shape index (κ1) is 27.9. The molecule has 34 heavy (non-hydrogen) atoms. The fourth-order valence-electron chi connectivity index (χ4n) is 8.02. The van der Waals surface area contributed by atoms with Crippen molar-refractivity contribution in [1.29, 1.82) is 0 Å². The summed E-state index contributed by atoms with van der Waals surface area (Å²) in [5, 5.41) is 43.3. The highest BCUT2D eigenvalue weighted by atomic mass is 16.3. The minimum Gasteiger partial charge on any atom is -0.390 e. The minimum atomic E-state index is -0.719. The van der Waals surface area contributed by atoms with Gasteiger partial charge in [-0.2, -0.15) is 0 Å². The van der Waals surface area contributed by atoms with E-state index < -0.39 is 22.4 Å². The Kier molecular flexibility index (Phi) is 7.92. The molecule has 0 unspecified atom stereocenters. The average Bonchev–Trinajstić information content (AvgIpc) is 3.11. The molecule has 4 aliphatic rings. The fraction of sp³-hybridized carbons (Fsp3) is 0.867. The van der Waals surface area contributed by atoms with Gasteiger partial charge in [-0.25, -0.2) is 0 Å². The Morgan fingerprint density at radius 3 is 1.24 bits per heavy atom. The molecule has 0 aromatic heterocycles. The minimum absolute atomic E-state index is 0.0364. The van der Waals surface area contributed by atoms with Crippen LogP contribution in [0.2, 0.25) is 0 Å². The summed E-state index contributed by atoms with van der Waals surface area (Å²) in [6.45, 7) is 20.2. The average molecular weight is 477 g/mol. The van der Waals surface area contributed by atoms with Crippen molar-refractivity contribution >= 4 is 0 Å². The zero-order valence-electron chi connectivity index (χ0n) is 22.7. The van der Waals surface area contributed by atoms with Crippen LogP contribution in [-0.4, -0.2) is 42.8 Å². The van der Waals surface area contributed by atoms with Crippen LogP contribution in [0.1, 0.15) is 106 Å². The number of rotatable bonds is 2. The zero-order chi connectivity index (χ0) is 25.7. The lowest BCUT2D eigenvalue weighted by Gasteiger charge is -2.40. The Balaban J connectivity index is 0.000000191. The Morgan fingerprint density at radius 2 is 0.941 bits per heavy atom. The molecule has 4 nitrogen and oxygen atoms in total.